The zero-order valence-electron chi connectivity index (χ0n) is 16.8. The van der Waals surface area contributed by atoms with E-state index in [9.17, 15) is 14.4 Å². The Labute approximate surface area is 186 Å². The molecule has 2 aromatic heterocycles. The van der Waals surface area contributed by atoms with Gasteiger partial charge in [-0.15, -0.1) is 22.7 Å². The lowest BCUT2D eigenvalue weighted by Crippen LogP contribution is -2.20. The van der Waals surface area contributed by atoms with Crippen LogP contribution in [0.15, 0.2) is 54.6 Å². The van der Waals surface area contributed by atoms with Crippen molar-refractivity contribution >= 4 is 56.2 Å². The van der Waals surface area contributed by atoms with Gasteiger partial charge in [0.25, 0.3) is 5.91 Å². The quantitative estimate of drug-likeness (QED) is 0.317. The number of aromatic nitrogens is 1. The van der Waals surface area contributed by atoms with Gasteiger partial charge in [-0.05, 0) is 67.9 Å². The summed E-state index contributed by atoms with van der Waals surface area (Å²) in [6.45, 7) is 3.07. The number of carbonyl (C=O) groups is 3. The maximum absolute atomic E-state index is 12.1. The van der Waals surface area contributed by atoms with Crippen molar-refractivity contribution in [3.05, 3.63) is 69.9 Å². The van der Waals surface area contributed by atoms with Gasteiger partial charge in [0.2, 0.25) is 0 Å². The van der Waals surface area contributed by atoms with Crippen molar-refractivity contribution in [3.8, 4) is 10.6 Å². The summed E-state index contributed by atoms with van der Waals surface area (Å²) in [4.78, 5) is 40.9. The molecule has 0 bridgehead atoms. The van der Waals surface area contributed by atoms with Crippen LogP contribution < -0.4 is 5.32 Å². The number of rotatable bonds is 6. The first-order valence-electron chi connectivity index (χ1n) is 9.44. The summed E-state index contributed by atoms with van der Waals surface area (Å²) in [6, 6.07) is 16.6. The minimum Gasteiger partial charge on any atom is -0.451 e. The molecule has 6 nitrogen and oxygen atoms in total. The molecule has 4 aromatic rings. The molecule has 2 aromatic carbocycles. The zero-order valence-corrected chi connectivity index (χ0v) is 18.4. The van der Waals surface area contributed by atoms with E-state index in [0.717, 1.165) is 32.1 Å². The van der Waals surface area contributed by atoms with Gasteiger partial charge in [-0.3, -0.25) is 9.59 Å². The van der Waals surface area contributed by atoms with Crippen molar-refractivity contribution in [2.75, 3.05) is 11.9 Å². The van der Waals surface area contributed by atoms with Crippen LogP contribution >= 0.6 is 22.7 Å². The second-order valence-electron chi connectivity index (χ2n) is 6.91. The number of ether oxygens (including phenoxy) is 1. The Bertz CT molecular complexity index is 1290. The summed E-state index contributed by atoms with van der Waals surface area (Å²) in [5.41, 5.74) is 3.71. The highest BCUT2D eigenvalue weighted by Crippen LogP contribution is 2.31. The maximum atomic E-state index is 12.1. The van der Waals surface area contributed by atoms with Gasteiger partial charge in [0.15, 0.2) is 12.4 Å². The number of hydrogen-bond donors (Lipinski definition) is 1. The van der Waals surface area contributed by atoms with Gasteiger partial charge in [0.05, 0.1) is 15.1 Å². The lowest BCUT2D eigenvalue weighted by molar-refractivity contribution is -0.119. The number of nitrogens with one attached hydrogen (secondary N) is 1. The van der Waals surface area contributed by atoms with Gasteiger partial charge in [0, 0.05) is 11.3 Å². The number of esters is 1. The molecule has 1 N–H and O–H groups in total. The fourth-order valence-electron chi connectivity index (χ4n) is 2.89. The molecule has 0 aliphatic rings. The lowest BCUT2D eigenvalue weighted by atomic mass is 10.2. The summed E-state index contributed by atoms with van der Waals surface area (Å²) >= 11 is 2.67. The molecule has 0 saturated heterocycles. The first-order chi connectivity index (χ1) is 14.9. The second-order valence-corrected chi connectivity index (χ2v) is 9.03. The average molecular weight is 451 g/mol. The highest BCUT2D eigenvalue weighted by Gasteiger charge is 2.14. The van der Waals surface area contributed by atoms with Gasteiger partial charge >= 0.3 is 5.97 Å². The van der Waals surface area contributed by atoms with Gasteiger partial charge in [-0.2, -0.15) is 0 Å². The third-order valence-corrected chi connectivity index (χ3v) is 6.68. The van der Waals surface area contributed by atoms with Crippen molar-refractivity contribution in [3.63, 3.8) is 0 Å². The minimum absolute atomic E-state index is 0.119. The molecule has 0 atom stereocenters. The molecular formula is C23H18N2O4S2. The molecule has 4 rings (SSSR count). The number of thiazole rings is 1. The number of carbonyl (C=O) groups excluding carboxylic acids is 3. The standard InChI is InChI=1S/C23H18N2O4S2/c1-13-3-8-17-20(11-13)31-22(25-17)15-4-6-16(7-5-15)24-21(27)12-29-23(28)19-10-9-18(30-19)14(2)26/h3-11H,12H2,1-2H3,(H,24,27). The van der Waals surface area contributed by atoms with E-state index in [1.165, 1.54) is 18.6 Å². The van der Waals surface area contributed by atoms with Crippen molar-refractivity contribution in [1.29, 1.82) is 0 Å². The second kappa shape index (κ2) is 8.79. The normalized spacial score (nSPS) is 10.8. The number of amides is 1. The van der Waals surface area contributed by atoms with Gasteiger partial charge in [-0.25, -0.2) is 9.78 Å². The topological polar surface area (TPSA) is 85.4 Å². The van der Waals surface area contributed by atoms with Crippen molar-refractivity contribution in [2.24, 2.45) is 0 Å². The first-order valence-corrected chi connectivity index (χ1v) is 11.1. The number of nitrogens with zero attached hydrogens (tertiary/aromatic N) is 1. The average Bonchev–Trinajstić information content (AvgIpc) is 3.40. The maximum Gasteiger partial charge on any atom is 0.348 e. The van der Waals surface area contributed by atoms with E-state index in [-0.39, 0.29) is 10.7 Å². The third-order valence-electron chi connectivity index (χ3n) is 4.45. The van der Waals surface area contributed by atoms with Crippen LogP contribution in [-0.2, 0) is 9.53 Å². The predicted molar refractivity (Wildman–Crippen MR) is 123 cm³/mol. The SMILES string of the molecule is CC(=O)c1ccc(C(=O)OCC(=O)Nc2ccc(-c3nc4ccc(C)cc4s3)cc2)s1. The van der Waals surface area contributed by atoms with E-state index in [1.54, 1.807) is 29.5 Å². The summed E-state index contributed by atoms with van der Waals surface area (Å²) in [7, 11) is 0. The molecule has 31 heavy (non-hydrogen) atoms. The van der Waals surface area contributed by atoms with E-state index in [1.807, 2.05) is 24.3 Å². The number of fused-ring (bicyclic) bond motifs is 1. The van der Waals surface area contributed by atoms with Crippen LogP contribution in [0.3, 0.4) is 0 Å². The van der Waals surface area contributed by atoms with E-state index >= 15 is 0 Å². The fourth-order valence-corrected chi connectivity index (χ4v) is 4.75. The van der Waals surface area contributed by atoms with E-state index < -0.39 is 18.5 Å². The number of Topliss-reactive ketones (excluding diaryl/α,β-unsaturated/α-hetero) is 1. The Kier molecular flexibility index (Phi) is 5.92. The van der Waals surface area contributed by atoms with Gasteiger partial charge in [-0.1, -0.05) is 6.07 Å². The molecule has 0 spiro atoms. The molecule has 2 heterocycles. The summed E-state index contributed by atoms with van der Waals surface area (Å²) in [6.07, 6.45) is 0. The molecule has 0 aliphatic carbocycles. The number of anilines is 1. The summed E-state index contributed by atoms with van der Waals surface area (Å²) in [5, 5.41) is 3.61. The van der Waals surface area contributed by atoms with Crippen LogP contribution in [0, 0.1) is 6.92 Å². The van der Waals surface area contributed by atoms with Crippen LogP contribution in [-0.4, -0.2) is 29.3 Å². The zero-order chi connectivity index (χ0) is 22.0. The van der Waals surface area contributed by atoms with Crippen LogP contribution in [0.4, 0.5) is 5.69 Å². The Morgan fingerprint density at radius 2 is 1.71 bits per heavy atom. The summed E-state index contributed by atoms with van der Waals surface area (Å²) < 4.78 is 6.17. The van der Waals surface area contributed by atoms with Crippen LogP contribution in [0.25, 0.3) is 20.8 Å². The fraction of sp³-hybridized carbons (Fsp3) is 0.130. The highest BCUT2D eigenvalue weighted by molar-refractivity contribution is 7.21. The third kappa shape index (κ3) is 4.87. The molecule has 0 unspecified atom stereocenters. The molecular weight excluding hydrogens is 432 g/mol. The van der Waals surface area contributed by atoms with Crippen molar-refractivity contribution < 1.29 is 19.1 Å². The number of thiophene rings is 1. The number of ketones is 1. The lowest BCUT2D eigenvalue weighted by Gasteiger charge is -2.06. The Morgan fingerprint density at radius 3 is 2.42 bits per heavy atom. The van der Waals surface area contributed by atoms with E-state index in [4.69, 9.17) is 4.74 Å². The van der Waals surface area contributed by atoms with Crippen LogP contribution in [0.5, 0.6) is 0 Å². The highest BCUT2D eigenvalue weighted by atomic mass is 32.1. The monoisotopic (exact) mass is 450 g/mol. The molecule has 156 valence electrons. The number of aryl methyl sites for hydroxylation is 1. The molecule has 0 aliphatic heterocycles. The molecule has 0 fully saturated rings. The number of hydrogen-bond acceptors (Lipinski definition) is 7. The Balaban J connectivity index is 1.35. The molecule has 1 amide bonds. The minimum atomic E-state index is -0.630. The Hall–Kier alpha value is -3.36. The molecule has 0 saturated carbocycles. The number of benzene rings is 2. The van der Waals surface area contributed by atoms with E-state index in [0.29, 0.717) is 10.6 Å². The smallest absolute Gasteiger partial charge is 0.348 e. The first kappa shape index (κ1) is 20.9. The largest absolute Gasteiger partial charge is 0.451 e. The van der Waals surface area contributed by atoms with E-state index in [2.05, 4.69) is 23.3 Å². The van der Waals surface area contributed by atoms with Crippen molar-refractivity contribution in [1.82, 2.24) is 4.98 Å². The molecule has 8 heteroatoms. The van der Waals surface area contributed by atoms with Gasteiger partial charge in [0.1, 0.15) is 9.88 Å². The molecule has 0 radical (unpaired) electrons. The predicted octanol–water partition coefficient (Wildman–Crippen LogP) is 5.33. The summed E-state index contributed by atoms with van der Waals surface area (Å²) in [5.74, 6) is -1.19. The van der Waals surface area contributed by atoms with Crippen molar-refractivity contribution in [2.45, 2.75) is 13.8 Å². The van der Waals surface area contributed by atoms with Gasteiger partial charge < -0.3 is 10.1 Å². The van der Waals surface area contributed by atoms with Crippen LogP contribution in [0.1, 0.15) is 31.8 Å². The van der Waals surface area contributed by atoms with Crippen LogP contribution in [0.2, 0.25) is 0 Å². The Morgan fingerprint density at radius 1 is 0.968 bits per heavy atom.